The van der Waals surface area contributed by atoms with Crippen LogP contribution in [-0.4, -0.2) is 11.1 Å². The van der Waals surface area contributed by atoms with Gasteiger partial charge in [-0.2, -0.15) is 0 Å². The fraction of sp³-hybridized carbons (Fsp3) is 0.188. The summed E-state index contributed by atoms with van der Waals surface area (Å²) in [5.41, 5.74) is 3.31. The number of aromatic carboxylic acids is 1. The molecule has 2 aromatic rings. The molecule has 0 radical (unpaired) electrons. The van der Waals surface area contributed by atoms with E-state index in [9.17, 15) is 4.79 Å². The zero-order valence-corrected chi connectivity index (χ0v) is 12.9. The maximum absolute atomic E-state index is 10.9. The standard InChI is InChI=1S/C16H15BrO3/c1-10-6-11(2)15(14(17)7-10)20-9-12-4-3-5-13(8-12)16(18)19/h3-8H,9H2,1-2H3,(H,18,19). The molecular formula is C16H15BrO3. The van der Waals surface area contributed by atoms with Crippen LogP contribution in [0.2, 0.25) is 0 Å². The van der Waals surface area contributed by atoms with Gasteiger partial charge in [0.2, 0.25) is 0 Å². The quantitative estimate of drug-likeness (QED) is 0.904. The van der Waals surface area contributed by atoms with Crippen molar-refractivity contribution in [3.63, 3.8) is 0 Å². The van der Waals surface area contributed by atoms with Crippen LogP contribution < -0.4 is 4.74 Å². The minimum atomic E-state index is -0.931. The van der Waals surface area contributed by atoms with Gasteiger partial charge in [-0.15, -0.1) is 0 Å². The molecule has 2 rings (SSSR count). The van der Waals surface area contributed by atoms with E-state index in [0.717, 1.165) is 26.9 Å². The molecule has 0 aliphatic heterocycles. The van der Waals surface area contributed by atoms with Gasteiger partial charge in [0.25, 0.3) is 0 Å². The van der Waals surface area contributed by atoms with Crippen molar-refractivity contribution >= 4 is 21.9 Å². The van der Waals surface area contributed by atoms with Crippen LogP contribution in [0.5, 0.6) is 5.75 Å². The number of hydrogen-bond acceptors (Lipinski definition) is 2. The van der Waals surface area contributed by atoms with Crippen molar-refractivity contribution in [3.05, 3.63) is 63.1 Å². The Bertz CT molecular complexity index is 627. The number of hydrogen-bond donors (Lipinski definition) is 1. The highest BCUT2D eigenvalue weighted by atomic mass is 79.9. The van der Waals surface area contributed by atoms with Gasteiger partial charge in [-0.05, 0) is 64.7 Å². The Kier molecular flexibility index (Phi) is 4.45. The third kappa shape index (κ3) is 3.39. The van der Waals surface area contributed by atoms with E-state index in [1.165, 1.54) is 0 Å². The van der Waals surface area contributed by atoms with Crippen LogP contribution in [0, 0.1) is 13.8 Å². The Hall–Kier alpha value is -1.81. The van der Waals surface area contributed by atoms with Crippen molar-refractivity contribution in [1.29, 1.82) is 0 Å². The van der Waals surface area contributed by atoms with Crippen molar-refractivity contribution in [1.82, 2.24) is 0 Å². The summed E-state index contributed by atoms with van der Waals surface area (Å²) >= 11 is 3.49. The van der Waals surface area contributed by atoms with Crippen molar-refractivity contribution in [2.75, 3.05) is 0 Å². The second kappa shape index (κ2) is 6.09. The molecule has 0 heterocycles. The molecule has 0 amide bonds. The minimum Gasteiger partial charge on any atom is -0.487 e. The normalized spacial score (nSPS) is 10.3. The molecule has 0 aromatic heterocycles. The first-order valence-electron chi connectivity index (χ1n) is 6.19. The summed E-state index contributed by atoms with van der Waals surface area (Å²) in [6.07, 6.45) is 0. The molecule has 0 saturated carbocycles. The summed E-state index contributed by atoms with van der Waals surface area (Å²) < 4.78 is 6.71. The Morgan fingerprint density at radius 2 is 2.00 bits per heavy atom. The van der Waals surface area contributed by atoms with Crippen LogP contribution in [-0.2, 0) is 6.61 Å². The molecule has 3 nitrogen and oxygen atoms in total. The van der Waals surface area contributed by atoms with Gasteiger partial charge in [0, 0.05) is 0 Å². The number of aryl methyl sites for hydroxylation is 2. The van der Waals surface area contributed by atoms with Gasteiger partial charge in [-0.1, -0.05) is 18.2 Å². The summed E-state index contributed by atoms with van der Waals surface area (Å²) in [5, 5.41) is 8.96. The first-order valence-corrected chi connectivity index (χ1v) is 6.98. The number of carboxylic acid groups (broad SMARTS) is 1. The highest BCUT2D eigenvalue weighted by Crippen LogP contribution is 2.30. The average molecular weight is 335 g/mol. The van der Waals surface area contributed by atoms with Crippen LogP contribution in [0.4, 0.5) is 0 Å². The lowest BCUT2D eigenvalue weighted by Gasteiger charge is -2.12. The van der Waals surface area contributed by atoms with Crippen LogP contribution >= 0.6 is 15.9 Å². The van der Waals surface area contributed by atoms with E-state index < -0.39 is 5.97 Å². The van der Waals surface area contributed by atoms with E-state index >= 15 is 0 Å². The Morgan fingerprint density at radius 3 is 2.65 bits per heavy atom. The molecule has 0 fully saturated rings. The third-order valence-electron chi connectivity index (χ3n) is 2.93. The number of halogens is 1. The molecular weight excluding hydrogens is 320 g/mol. The maximum Gasteiger partial charge on any atom is 0.335 e. The lowest BCUT2D eigenvalue weighted by molar-refractivity contribution is 0.0696. The molecule has 0 saturated heterocycles. The van der Waals surface area contributed by atoms with Crippen LogP contribution in [0.1, 0.15) is 27.0 Å². The number of benzene rings is 2. The monoisotopic (exact) mass is 334 g/mol. The number of carbonyl (C=O) groups is 1. The first kappa shape index (κ1) is 14.6. The Balaban J connectivity index is 2.17. The van der Waals surface area contributed by atoms with E-state index in [0.29, 0.717) is 6.61 Å². The van der Waals surface area contributed by atoms with E-state index in [2.05, 4.69) is 15.9 Å². The van der Waals surface area contributed by atoms with Crippen molar-refractivity contribution in [3.8, 4) is 5.75 Å². The molecule has 0 bridgehead atoms. The molecule has 4 heteroatoms. The average Bonchev–Trinajstić information content (AvgIpc) is 2.37. The molecule has 1 N–H and O–H groups in total. The summed E-state index contributed by atoms with van der Waals surface area (Å²) in [4.78, 5) is 10.9. The zero-order valence-electron chi connectivity index (χ0n) is 11.3. The van der Waals surface area contributed by atoms with Crippen molar-refractivity contribution in [2.45, 2.75) is 20.5 Å². The van der Waals surface area contributed by atoms with Gasteiger partial charge in [-0.3, -0.25) is 0 Å². The second-order valence-corrected chi connectivity index (χ2v) is 5.54. The van der Waals surface area contributed by atoms with Crippen LogP contribution in [0.25, 0.3) is 0 Å². The molecule has 2 aromatic carbocycles. The lowest BCUT2D eigenvalue weighted by Crippen LogP contribution is -2.01. The van der Waals surface area contributed by atoms with Gasteiger partial charge < -0.3 is 9.84 Å². The van der Waals surface area contributed by atoms with Gasteiger partial charge in [0.05, 0.1) is 10.0 Å². The Labute approximate surface area is 126 Å². The smallest absolute Gasteiger partial charge is 0.335 e. The van der Waals surface area contributed by atoms with E-state index in [-0.39, 0.29) is 5.56 Å². The molecule has 0 spiro atoms. The minimum absolute atomic E-state index is 0.269. The molecule has 104 valence electrons. The highest BCUT2D eigenvalue weighted by Gasteiger charge is 2.08. The second-order valence-electron chi connectivity index (χ2n) is 4.69. The van der Waals surface area contributed by atoms with Crippen molar-refractivity contribution in [2.24, 2.45) is 0 Å². The molecule has 0 unspecified atom stereocenters. The number of rotatable bonds is 4. The molecule has 20 heavy (non-hydrogen) atoms. The van der Waals surface area contributed by atoms with Crippen LogP contribution in [0.15, 0.2) is 40.9 Å². The third-order valence-corrected chi connectivity index (χ3v) is 3.52. The largest absolute Gasteiger partial charge is 0.487 e. The highest BCUT2D eigenvalue weighted by molar-refractivity contribution is 9.10. The van der Waals surface area contributed by atoms with Gasteiger partial charge in [0.15, 0.2) is 0 Å². The summed E-state index contributed by atoms with van der Waals surface area (Å²) in [6, 6.07) is 10.8. The number of ether oxygens (including phenoxy) is 1. The van der Waals surface area contributed by atoms with Gasteiger partial charge in [0.1, 0.15) is 12.4 Å². The predicted octanol–water partition coefficient (Wildman–Crippen LogP) is 4.34. The molecule has 0 aliphatic rings. The summed E-state index contributed by atoms with van der Waals surface area (Å²) in [6.45, 7) is 4.35. The fourth-order valence-electron chi connectivity index (χ4n) is 2.03. The lowest BCUT2D eigenvalue weighted by atomic mass is 10.1. The summed E-state index contributed by atoms with van der Waals surface area (Å²) in [5.74, 6) is -0.143. The fourth-order valence-corrected chi connectivity index (χ4v) is 2.82. The van der Waals surface area contributed by atoms with Crippen LogP contribution in [0.3, 0.4) is 0 Å². The Morgan fingerprint density at radius 1 is 1.25 bits per heavy atom. The first-order chi connectivity index (χ1) is 9.47. The molecule has 0 atom stereocenters. The topological polar surface area (TPSA) is 46.5 Å². The number of carboxylic acids is 1. The van der Waals surface area contributed by atoms with Gasteiger partial charge >= 0.3 is 5.97 Å². The van der Waals surface area contributed by atoms with Gasteiger partial charge in [-0.25, -0.2) is 4.79 Å². The molecule has 0 aliphatic carbocycles. The van der Waals surface area contributed by atoms with E-state index in [1.54, 1.807) is 18.2 Å². The zero-order chi connectivity index (χ0) is 14.7. The van der Waals surface area contributed by atoms with E-state index in [4.69, 9.17) is 9.84 Å². The SMILES string of the molecule is Cc1cc(C)c(OCc2cccc(C(=O)O)c2)c(Br)c1. The predicted molar refractivity (Wildman–Crippen MR) is 81.3 cm³/mol. The van der Waals surface area contributed by atoms with E-state index in [1.807, 2.05) is 32.0 Å². The summed E-state index contributed by atoms with van der Waals surface area (Å²) in [7, 11) is 0. The maximum atomic E-state index is 10.9. The van der Waals surface area contributed by atoms with Crippen molar-refractivity contribution < 1.29 is 14.6 Å².